The number of pyridine rings is 1. The third-order valence-corrected chi connectivity index (χ3v) is 3.72. The predicted molar refractivity (Wildman–Crippen MR) is 85.2 cm³/mol. The third kappa shape index (κ3) is 4.37. The Morgan fingerprint density at radius 2 is 2.13 bits per heavy atom. The van der Waals surface area contributed by atoms with Gasteiger partial charge in [-0.2, -0.15) is 0 Å². The highest BCUT2D eigenvalue weighted by Gasteiger charge is 2.10. The van der Waals surface area contributed by atoms with Crippen LogP contribution < -0.4 is 10.9 Å². The molecule has 0 aliphatic carbocycles. The molecule has 8 heteroatoms. The number of nitro groups is 1. The second-order valence-corrected chi connectivity index (χ2v) is 5.43. The summed E-state index contributed by atoms with van der Waals surface area (Å²) in [6, 6.07) is 6.69. The number of hydrogen-bond donors (Lipinski definition) is 1. The zero-order valence-electron chi connectivity index (χ0n) is 12.3. The lowest BCUT2D eigenvalue weighted by Gasteiger charge is -2.15. The fourth-order valence-electron chi connectivity index (χ4n) is 2.10. The van der Waals surface area contributed by atoms with Crippen molar-refractivity contribution in [3.63, 3.8) is 0 Å². The lowest BCUT2D eigenvalue weighted by atomic mass is 10.1. The molecule has 6 nitrogen and oxygen atoms in total. The Morgan fingerprint density at radius 1 is 1.39 bits per heavy atom. The SMILES string of the molecule is C[C@@H](NCCn1cc([N+](=O)[O-])ccc1=O)c1ccc(F)c(Cl)c1. The fraction of sp³-hybridized carbons (Fsp3) is 0.267. The van der Waals surface area contributed by atoms with E-state index < -0.39 is 10.7 Å². The number of rotatable bonds is 6. The first-order chi connectivity index (χ1) is 10.9. The zero-order chi connectivity index (χ0) is 17.0. The molecule has 0 fully saturated rings. The molecular weight excluding hydrogens is 325 g/mol. The number of benzene rings is 1. The summed E-state index contributed by atoms with van der Waals surface area (Å²) in [5.41, 5.74) is 0.362. The molecule has 0 bridgehead atoms. The van der Waals surface area contributed by atoms with Crippen LogP contribution in [0.25, 0.3) is 0 Å². The Hall–Kier alpha value is -2.25. The van der Waals surface area contributed by atoms with Crippen molar-refractivity contribution in [1.29, 1.82) is 0 Å². The van der Waals surface area contributed by atoms with Gasteiger partial charge in [-0.05, 0) is 24.6 Å². The van der Waals surface area contributed by atoms with Gasteiger partial charge in [0.05, 0.1) is 16.1 Å². The summed E-state index contributed by atoms with van der Waals surface area (Å²) in [5.74, 6) is -0.481. The molecule has 0 saturated heterocycles. The maximum absolute atomic E-state index is 13.1. The van der Waals surface area contributed by atoms with E-state index in [0.717, 1.165) is 5.56 Å². The van der Waals surface area contributed by atoms with Crippen LogP contribution in [0.3, 0.4) is 0 Å². The molecule has 0 saturated carbocycles. The molecule has 2 rings (SSSR count). The largest absolute Gasteiger partial charge is 0.308 e. The molecule has 0 amide bonds. The van der Waals surface area contributed by atoms with Crippen molar-refractivity contribution >= 4 is 17.3 Å². The Labute approximate surface area is 136 Å². The second-order valence-electron chi connectivity index (χ2n) is 5.03. The highest BCUT2D eigenvalue weighted by molar-refractivity contribution is 6.30. The topological polar surface area (TPSA) is 77.2 Å². The van der Waals surface area contributed by atoms with E-state index in [1.54, 1.807) is 6.07 Å². The van der Waals surface area contributed by atoms with Gasteiger partial charge < -0.3 is 9.88 Å². The molecule has 1 aromatic carbocycles. The Morgan fingerprint density at radius 3 is 2.78 bits per heavy atom. The van der Waals surface area contributed by atoms with Gasteiger partial charge in [-0.25, -0.2) is 4.39 Å². The highest BCUT2D eigenvalue weighted by Crippen LogP contribution is 2.20. The molecule has 0 aliphatic heterocycles. The third-order valence-electron chi connectivity index (χ3n) is 3.43. The smallest absolute Gasteiger partial charge is 0.285 e. The van der Waals surface area contributed by atoms with Gasteiger partial charge in [-0.1, -0.05) is 17.7 Å². The average molecular weight is 340 g/mol. The van der Waals surface area contributed by atoms with Crippen LogP contribution in [0.4, 0.5) is 10.1 Å². The summed E-state index contributed by atoms with van der Waals surface area (Å²) in [4.78, 5) is 21.8. The quantitative estimate of drug-likeness (QED) is 0.648. The normalized spacial score (nSPS) is 12.1. The van der Waals surface area contributed by atoms with Crippen LogP contribution in [0.15, 0.2) is 41.3 Å². The summed E-state index contributed by atoms with van der Waals surface area (Å²) in [6.45, 7) is 2.57. The van der Waals surface area contributed by atoms with Crippen LogP contribution in [0.5, 0.6) is 0 Å². The first-order valence-corrected chi connectivity index (χ1v) is 7.29. The van der Waals surface area contributed by atoms with Crippen LogP contribution >= 0.6 is 11.6 Å². The van der Waals surface area contributed by atoms with E-state index in [-0.39, 0.29) is 28.9 Å². The first kappa shape index (κ1) is 17.1. The minimum Gasteiger partial charge on any atom is -0.308 e. The molecule has 2 aromatic rings. The van der Waals surface area contributed by atoms with Crippen LogP contribution in [0, 0.1) is 15.9 Å². The summed E-state index contributed by atoms with van der Waals surface area (Å²) in [7, 11) is 0. The van der Waals surface area contributed by atoms with Gasteiger partial charge in [0.2, 0.25) is 0 Å². The first-order valence-electron chi connectivity index (χ1n) is 6.91. The van der Waals surface area contributed by atoms with Gasteiger partial charge in [0.25, 0.3) is 11.2 Å². The van der Waals surface area contributed by atoms with E-state index in [2.05, 4.69) is 5.32 Å². The summed E-state index contributed by atoms with van der Waals surface area (Å²) in [6.07, 6.45) is 1.21. The molecule has 0 unspecified atom stereocenters. The predicted octanol–water partition coefficient (Wildman–Crippen LogP) is 2.90. The van der Waals surface area contributed by atoms with Gasteiger partial charge >= 0.3 is 0 Å². The van der Waals surface area contributed by atoms with Crippen molar-refractivity contribution in [2.24, 2.45) is 0 Å². The maximum atomic E-state index is 13.1. The Kier molecular flexibility index (Phi) is 5.46. The average Bonchev–Trinajstić information content (AvgIpc) is 2.51. The van der Waals surface area contributed by atoms with Crippen molar-refractivity contribution in [2.45, 2.75) is 19.5 Å². The van der Waals surface area contributed by atoms with Gasteiger partial charge in [0.1, 0.15) is 5.82 Å². The van der Waals surface area contributed by atoms with Gasteiger partial charge in [-0.3, -0.25) is 14.9 Å². The zero-order valence-corrected chi connectivity index (χ0v) is 13.1. The van der Waals surface area contributed by atoms with Crippen molar-refractivity contribution in [2.75, 3.05) is 6.54 Å². The summed E-state index contributed by atoms with van der Waals surface area (Å²) in [5, 5.41) is 13.9. The van der Waals surface area contributed by atoms with Crippen molar-refractivity contribution in [1.82, 2.24) is 9.88 Å². The minimum atomic E-state index is -0.549. The number of nitrogens with one attached hydrogen (secondary N) is 1. The fourth-order valence-corrected chi connectivity index (χ4v) is 2.29. The van der Waals surface area contributed by atoms with Gasteiger partial charge in [-0.15, -0.1) is 0 Å². The Bertz CT molecular complexity index is 779. The standard InChI is InChI=1S/C15H15ClFN3O3/c1-10(11-2-4-14(17)13(16)8-11)18-6-7-19-9-12(20(22)23)3-5-15(19)21/h2-5,8-10,18H,6-7H2,1H3/t10-/m1/s1. The lowest BCUT2D eigenvalue weighted by molar-refractivity contribution is -0.385. The molecule has 23 heavy (non-hydrogen) atoms. The molecule has 0 radical (unpaired) electrons. The van der Waals surface area contributed by atoms with Gasteiger partial charge in [0, 0.05) is 31.3 Å². The summed E-state index contributed by atoms with van der Waals surface area (Å²) < 4.78 is 14.4. The molecule has 0 spiro atoms. The van der Waals surface area contributed by atoms with E-state index in [9.17, 15) is 19.3 Å². The van der Waals surface area contributed by atoms with Crippen molar-refractivity contribution in [3.05, 3.63) is 73.4 Å². The highest BCUT2D eigenvalue weighted by atomic mass is 35.5. The molecule has 1 N–H and O–H groups in total. The molecule has 1 heterocycles. The summed E-state index contributed by atoms with van der Waals surface area (Å²) >= 11 is 5.74. The second kappa shape index (κ2) is 7.34. The van der Waals surface area contributed by atoms with Crippen LogP contribution in [-0.2, 0) is 6.54 Å². The van der Waals surface area contributed by atoms with E-state index in [0.29, 0.717) is 6.54 Å². The van der Waals surface area contributed by atoms with E-state index in [1.807, 2.05) is 6.92 Å². The van der Waals surface area contributed by atoms with E-state index in [1.165, 1.54) is 35.0 Å². The van der Waals surface area contributed by atoms with Gasteiger partial charge in [0.15, 0.2) is 0 Å². The lowest BCUT2D eigenvalue weighted by Crippen LogP contribution is -2.28. The van der Waals surface area contributed by atoms with E-state index in [4.69, 9.17) is 11.6 Å². The molecule has 1 aromatic heterocycles. The molecular formula is C15H15ClFN3O3. The maximum Gasteiger partial charge on any atom is 0.285 e. The number of hydrogen-bond acceptors (Lipinski definition) is 4. The number of aromatic nitrogens is 1. The molecule has 122 valence electrons. The van der Waals surface area contributed by atoms with Crippen molar-refractivity contribution in [3.8, 4) is 0 Å². The number of nitrogens with zero attached hydrogens (tertiary/aromatic N) is 2. The Balaban J connectivity index is 1.99. The van der Waals surface area contributed by atoms with Crippen LogP contribution in [0.1, 0.15) is 18.5 Å². The van der Waals surface area contributed by atoms with E-state index >= 15 is 0 Å². The van der Waals surface area contributed by atoms with Crippen LogP contribution in [-0.4, -0.2) is 16.0 Å². The minimum absolute atomic E-state index is 0.0473. The molecule has 1 atom stereocenters. The van der Waals surface area contributed by atoms with Crippen molar-refractivity contribution < 1.29 is 9.31 Å². The monoisotopic (exact) mass is 339 g/mol. The van der Waals surface area contributed by atoms with Crippen LogP contribution in [0.2, 0.25) is 5.02 Å². The molecule has 0 aliphatic rings. The number of halogens is 2.